The number of carbonyl (C=O) groups is 2. The van der Waals surface area contributed by atoms with Gasteiger partial charge in [-0.3, -0.25) is 9.59 Å². The highest BCUT2D eigenvalue weighted by molar-refractivity contribution is 5.98. The third-order valence-corrected chi connectivity index (χ3v) is 3.64. The van der Waals surface area contributed by atoms with Crippen molar-refractivity contribution in [2.24, 2.45) is 11.0 Å². The number of hydrogen-bond acceptors (Lipinski definition) is 4. The molecule has 0 saturated heterocycles. The summed E-state index contributed by atoms with van der Waals surface area (Å²) in [6.45, 7) is 3.52. The maximum Gasteiger partial charge on any atom is 0.262 e. The highest BCUT2D eigenvalue weighted by Crippen LogP contribution is 2.09. The molecule has 0 radical (unpaired) electrons. The van der Waals surface area contributed by atoms with Crippen LogP contribution in [0.1, 0.15) is 29.8 Å². The summed E-state index contributed by atoms with van der Waals surface area (Å²) in [6.07, 6.45) is 1.41. The first-order chi connectivity index (χ1) is 12.4. The number of rotatable bonds is 6. The first kappa shape index (κ1) is 19.1. The Kier molecular flexibility index (Phi) is 6.43. The topological polar surface area (TPSA) is 90.8 Å². The smallest absolute Gasteiger partial charge is 0.262 e. The first-order valence-corrected chi connectivity index (χ1v) is 8.06. The van der Waals surface area contributed by atoms with Gasteiger partial charge in [-0.05, 0) is 47.9 Å². The molecule has 1 atom stereocenters. The van der Waals surface area contributed by atoms with Gasteiger partial charge in [0.25, 0.3) is 11.8 Å². The molecule has 0 aliphatic heterocycles. The summed E-state index contributed by atoms with van der Waals surface area (Å²) in [7, 11) is 0. The van der Waals surface area contributed by atoms with Crippen LogP contribution in [0.3, 0.4) is 0 Å². The fourth-order valence-electron chi connectivity index (χ4n) is 2.20. The molecule has 2 aromatic carbocycles. The van der Waals surface area contributed by atoms with Crippen LogP contribution >= 0.6 is 0 Å². The van der Waals surface area contributed by atoms with Gasteiger partial charge in [-0.1, -0.05) is 26.0 Å². The van der Waals surface area contributed by atoms with Gasteiger partial charge in [0, 0.05) is 0 Å². The van der Waals surface area contributed by atoms with E-state index in [1.54, 1.807) is 32.0 Å². The summed E-state index contributed by atoms with van der Waals surface area (Å²) in [6, 6.07) is 10.9. The zero-order chi connectivity index (χ0) is 19.1. The normalized spacial score (nSPS) is 12.2. The lowest BCUT2D eigenvalue weighted by Crippen LogP contribution is -2.48. The Morgan fingerprint density at radius 1 is 1.12 bits per heavy atom. The predicted molar refractivity (Wildman–Crippen MR) is 96.3 cm³/mol. The molecule has 0 aliphatic rings. The van der Waals surface area contributed by atoms with Crippen molar-refractivity contribution >= 4 is 18.0 Å². The maximum absolute atomic E-state index is 13.7. The van der Waals surface area contributed by atoms with E-state index in [0.29, 0.717) is 5.56 Å². The molecule has 1 unspecified atom stereocenters. The minimum atomic E-state index is -0.876. The number of nitrogens with zero attached hydrogens (tertiary/aromatic N) is 1. The molecular weight excluding hydrogens is 337 g/mol. The van der Waals surface area contributed by atoms with E-state index >= 15 is 0 Å². The molecule has 0 saturated carbocycles. The van der Waals surface area contributed by atoms with E-state index in [2.05, 4.69) is 15.8 Å². The zero-order valence-electron chi connectivity index (χ0n) is 14.4. The van der Waals surface area contributed by atoms with Crippen molar-refractivity contribution in [3.05, 3.63) is 65.5 Å². The van der Waals surface area contributed by atoms with Crippen LogP contribution < -0.4 is 10.7 Å². The average molecular weight is 357 g/mol. The molecule has 0 fully saturated rings. The lowest BCUT2D eigenvalue weighted by molar-refractivity contribution is -0.123. The number of benzene rings is 2. The highest BCUT2D eigenvalue weighted by atomic mass is 19.1. The summed E-state index contributed by atoms with van der Waals surface area (Å²) in [5, 5.41) is 15.6. The summed E-state index contributed by atoms with van der Waals surface area (Å²) >= 11 is 0. The number of halogens is 1. The number of hydrazone groups is 1. The molecule has 0 heterocycles. The molecule has 0 spiro atoms. The molecular formula is C19H20FN3O3. The van der Waals surface area contributed by atoms with Crippen LogP contribution in [0.25, 0.3) is 0 Å². The van der Waals surface area contributed by atoms with E-state index in [4.69, 9.17) is 0 Å². The van der Waals surface area contributed by atoms with Crippen LogP contribution in [-0.2, 0) is 4.79 Å². The summed E-state index contributed by atoms with van der Waals surface area (Å²) in [5.41, 5.74) is 2.91. The minimum absolute atomic E-state index is 0.126. The van der Waals surface area contributed by atoms with Crippen LogP contribution in [0.4, 0.5) is 4.39 Å². The number of nitrogens with one attached hydrogen (secondary N) is 2. The molecule has 2 amide bonds. The third-order valence-electron chi connectivity index (χ3n) is 3.64. The van der Waals surface area contributed by atoms with Crippen LogP contribution in [-0.4, -0.2) is 29.2 Å². The van der Waals surface area contributed by atoms with Crippen molar-refractivity contribution in [3.63, 3.8) is 0 Å². The monoisotopic (exact) mass is 357 g/mol. The highest BCUT2D eigenvalue weighted by Gasteiger charge is 2.25. The third kappa shape index (κ3) is 5.14. The Morgan fingerprint density at radius 2 is 1.77 bits per heavy atom. The van der Waals surface area contributed by atoms with Crippen molar-refractivity contribution in [1.29, 1.82) is 0 Å². The van der Waals surface area contributed by atoms with E-state index in [1.165, 1.54) is 36.5 Å². The molecule has 136 valence electrons. The number of carbonyl (C=O) groups excluding carboxylic acids is 2. The van der Waals surface area contributed by atoms with Crippen molar-refractivity contribution in [3.8, 4) is 5.75 Å². The van der Waals surface area contributed by atoms with Crippen molar-refractivity contribution < 1.29 is 19.1 Å². The van der Waals surface area contributed by atoms with Gasteiger partial charge in [-0.25, -0.2) is 9.82 Å². The maximum atomic E-state index is 13.7. The largest absolute Gasteiger partial charge is 0.508 e. The molecule has 0 aliphatic carbocycles. The fourth-order valence-corrected chi connectivity index (χ4v) is 2.20. The second kappa shape index (κ2) is 8.75. The molecule has 26 heavy (non-hydrogen) atoms. The van der Waals surface area contributed by atoms with Gasteiger partial charge in [-0.2, -0.15) is 5.10 Å². The van der Waals surface area contributed by atoms with E-state index in [0.717, 1.165) is 0 Å². The Balaban J connectivity index is 2.02. The molecule has 0 aromatic heterocycles. The van der Waals surface area contributed by atoms with Crippen LogP contribution in [0.15, 0.2) is 53.6 Å². The standard InChI is InChI=1S/C19H20FN3O3/c1-12(2)17(22-18(25)15-5-3-4-6-16(15)20)19(26)23-21-11-13-7-9-14(24)10-8-13/h3-12,17,24H,1-2H3,(H,22,25)(H,23,26)/b21-11+. The Labute approximate surface area is 150 Å². The Morgan fingerprint density at radius 3 is 2.38 bits per heavy atom. The first-order valence-electron chi connectivity index (χ1n) is 8.06. The SMILES string of the molecule is CC(C)C(NC(=O)c1ccccc1F)C(=O)N/N=C/c1ccc(O)cc1. The van der Waals surface area contributed by atoms with Crippen LogP contribution in [0.2, 0.25) is 0 Å². The quantitative estimate of drug-likeness (QED) is 0.548. The summed E-state index contributed by atoms with van der Waals surface area (Å²) < 4.78 is 13.7. The zero-order valence-corrected chi connectivity index (χ0v) is 14.4. The van der Waals surface area contributed by atoms with Gasteiger partial charge in [0.2, 0.25) is 0 Å². The Hall–Kier alpha value is -3.22. The fraction of sp³-hybridized carbons (Fsp3) is 0.211. The molecule has 2 rings (SSSR count). The van der Waals surface area contributed by atoms with Crippen molar-refractivity contribution in [2.75, 3.05) is 0 Å². The second-order valence-corrected chi connectivity index (χ2v) is 6.00. The van der Waals surface area contributed by atoms with Gasteiger partial charge in [0.1, 0.15) is 17.6 Å². The summed E-state index contributed by atoms with van der Waals surface area (Å²) in [5.74, 6) is -1.94. The Bertz CT molecular complexity index is 804. The number of hydrogen-bond donors (Lipinski definition) is 3. The van der Waals surface area contributed by atoms with Crippen LogP contribution in [0.5, 0.6) is 5.75 Å². The number of phenols is 1. The van der Waals surface area contributed by atoms with Gasteiger partial charge >= 0.3 is 0 Å². The number of amides is 2. The summed E-state index contributed by atoms with van der Waals surface area (Å²) in [4.78, 5) is 24.5. The lowest BCUT2D eigenvalue weighted by Gasteiger charge is -2.20. The molecule has 0 bridgehead atoms. The van der Waals surface area contributed by atoms with Crippen LogP contribution in [0, 0.1) is 11.7 Å². The average Bonchev–Trinajstić information content (AvgIpc) is 2.61. The van der Waals surface area contributed by atoms with Gasteiger partial charge in [-0.15, -0.1) is 0 Å². The lowest BCUT2D eigenvalue weighted by atomic mass is 10.0. The van der Waals surface area contributed by atoms with E-state index in [9.17, 15) is 19.1 Å². The molecule has 7 heteroatoms. The molecule has 6 nitrogen and oxygen atoms in total. The van der Waals surface area contributed by atoms with Gasteiger partial charge in [0.15, 0.2) is 0 Å². The predicted octanol–water partition coefficient (Wildman–Crippen LogP) is 2.44. The van der Waals surface area contributed by atoms with Gasteiger partial charge < -0.3 is 10.4 Å². The van der Waals surface area contributed by atoms with E-state index in [-0.39, 0.29) is 17.2 Å². The molecule has 3 N–H and O–H groups in total. The van der Waals surface area contributed by atoms with Gasteiger partial charge in [0.05, 0.1) is 11.8 Å². The van der Waals surface area contributed by atoms with E-state index in [1.807, 2.05) is 0 Å². The minimum Gasteiger partial charge on any atom is -0.508 e. The van der Waals surface area contributed by atoms with Crippen molar-refractivity contribution in [2.45, 2.75) is 19.9 Å². The van der Waals surface area contributed by atoms with E-state index < -0.39 is 23.7 Å². The molecule has 2 aromatic rings. The number of aromatic hydroxyl groups is 1. The number of phenolic OH excluding ortho intramolecular Hbond substituents is 1. The second-order valence-electron chi connectivity index (χ2n) is 6.00. The van der Waals surface area contributed by atoms with Crippen molar-refractivity contribution in [1.82, 2.24) is 10.7 Å².